The van der Waals surface area contributed by atoms with Crippen LogP contribution in [0.25, 0.3) is 0 Å². The van der Waals surface area contributed by atoms with Crippen LogP contribution in [0.2, 0.25) is 0 Å². The molecular formula is C21H21FN4O. The highest BCUT2D eigenvalue weighted by molar-refractivity contribution is 5.96. The first-order chi connectivity index (χ1) is 13.2. The largest absolute Gasteiger partial charge is 0.367 e. The minimum absolute atomic E-state index is 0.123. The number of fused-ring (bicyclic) bond motifs is 1. The van der Waals surface area contributed by atoms with Gasteiger partial charge in [-0.25, -0.2) is 4.39 Å². The van der Waals surface area contributed by atoms with Crippen molar-refractivity contribution < 1.29 is 9.18 Å². The van der Waals surface area contributed by atoms with E-state index in [2.05, 4.69) is 11.0 Å². The summed E-state index contributed by atoms with van der Waals surface area (Å²) in [5.74, 6) is -0.245. The second-order valence-electron chi connectivity index (χ2n) is 6.97. The maximum atomic E-state index is 14.2. The number of hydrogen-bond acceptors (Lipinski definition) is 4. The quantitative estimate of drug-likeness (QED) is 0.839. The number of carbonyl (C=O) groups is 1. The van der Waals surface area contributed by atoms with Crippen LogP contribution in [0.15, 0.2) is 42.5 Å². The summed E-state index contributed by atoms with van der Waals surface area (Å²) in [6, 6.07) is 14.6. The van der Waals surface area contributed by atoms with E-state index in [-0.39, 0.29) is 11.7 Å². The molecule has 1 saturated heterocycles. The van der Waals surface area contributed by atoms with E-state index in [1.165, 1.54) is 11.6 Å². The molecule has 2 aliphatic rings. The van der Waals surface area contributed by atoms with Gasteiger partial charge in [0.05, 0.1) is 23.9 Å². The number of anilines is 2. The highest BCUT2D eigenvalue weighted by Crippen LogP contribution is 2.28. The van der Waals surface area contributed by atoms with Gasteiger partial charge in [0.2, 0.25) is 5.91 Å². The Morgan fingerprint density at radius 3 is 2.56 bits per heavy atom. The Labute approximate surface area is 158 Å². The van der Waals surface area contributed by atoms with Gasteiger partial charge in [0.15, 0.2) is 0 Å². The van der Waals surface area contributed by atoms with Gasteiger partial charge in [-0.2, -0.15) is 5.26 Å². The van der Waals surface area contributed by atoms with Crippen LogP contribution in [0, 0.1) is 17.1 Å². The molecule has 0 atom stereocenters. The first kappa shape index (κ1) is 17.5. The third-order valence-corrected chi connectivity index (χ3v) is 5.34. The van der Waals surface area contributed by atoms with Crippen LogP contribution in [0.5, 0.6) is 0 Å². The summed E-state index contributed by atoms with van der Waals surface area (Å²) in [6.07, 6.45) is 0.910. The van der Waals surface area contributed by atoms with Crippen LogP contribution in [0.4, 0.5) is 15.8 Å². The molecule has 0 unspecified atom stereocenters. The average molecular weight is 364 g/mol. The molecule has 2 aliphatic heterocycles. The van der Waals surface area contributed by atoms with Crippen molar-refractivity contribution in [2.45, 2.75) is 6.42 Å². The van der Waals surface area contributed by atoms with Gasteiger partial charge in [-0.05, 0) is 36.2 Å². The lowest BCUT2D eigenvalue weighted by molar-refractivity contribution is -0.119. The number of nitriles is 1. The number of amides is 1. The Morgan fingerprint density at radius 2 is 1.81 bits per heavy atom. The first-order valence-electron chi connectivity index (χ1n) is 9.21. The van der Waals surface area contributed by atoms with Gasteiger partial charge in [-0.1, -0.05) is 18.2 Å². The van der Waals surface area contributed by atoms with E-state index >= 15 is 0 Å². The van der Waals surface area contributed by atoms with Crippen LogP contribution >= 0.6 is 0 Å². The molecule has 27 heavy (non-hydrogen) atoms. The van der Waals surface area contributed by atoms with E-state index < -0.39 is 0 Å². The molecule has 5 nitrogen and oxygen atoms in total. The monoisotopic (exact) mass is 364 g/mol. The van der Waals surface area contributed by atoms with E-state index in [0.717, 1.165) is 18.7 Å². The molecule has 0 bridgehead atoms. The average Bonchev–Trinajstić information content (AvgIpc) is 3.13. The Kier molecular flexibility index (Phi) is 4.78. The Hall–Kier alpha value is -2.91. The fourth-order valence-corrected chi connectivity index (χ4v) is 3.85. The fourth-order valence-electron chi connectivity index (χ4n) is 3.85. The lowest BCUT2D eigenvalue weighted by atomic mass is 10.1. The summed E-state index contributed by atoms with van der Waals surface area (Å²) >= 11 is 0. The van der Waals surface area contributed by atoms with E-state index in [1.807, 2.05) is 34.1 Å². The van der Waals surface area contributed by atoms with Crippen LogP contribution in [0.3, 0.4) is 0 Å². The number of rotatable bonds is 3. The lowest BCUT2D eigenvalue weighted by Gasteiger charge is -2.36. The molecule has 2 aromatic rings. The highest BCUT2D eigenvalue weighted by Gasteiger charge is 2.27. The second-order valence-corrected chi connectivity index (χ2v) is 6.97. The topological polar surface area (TPSA) is 50.6 Å². The van der Waals surface area contributed by atoms with Crippen LogP contribution in [0.1, 0.15) is 11.1 Å². The Bertz CT molecular complexity index is 899. The van der Waals surface area contributed by atoms with Crippen molar-refractivity contribution in [2.75, 3.05) is 49.1 Å². The van der Waals surface area contributed by atoms with Crippen molar-refractivity contribution in [3.05, 3.63) is 59.4 Å². The predicted molar refractivity (Wildman–Crippen MR) is 102 cm³/mol. The van der Waals surface area contributed by atoms with E-state index in [9.17, 15) is 9.18 Å². The van der Waals surface area contributed by atoms with Crippen molar-refractivity contribution in [3.63, 3.8) is 0 Å². The van der Waals surface area contributed by atoms with Crippen molar-refractivity contribution in [2.24, 2.45) is 0 Å². The summed E-state index contributed by atoms with van der Waals surface area (Å²) in [5.41, 5.74) is 3.10. The van der Waals surface area contributed by atoms with Crippen molar-refractivity contribution in [3.8, 4) is 6.07 Å². The molecule has 0 spiro atoms. The lowest BCUT2D eigenvalue weighted by Crippen LogP contribution is -2.50. The maximum absolute atomic E-state index is 14.2. The molecular weight excluding hydrogens is 343 g/mol. The summed E-state index contributed by atoms with van der Waals surface area (Å²) in [5, 5.41) is 8.86. The van der Waals surface area contributed by atoms with E-state index in [1.54, 1.807) is 12.1 Å². The molecule has 2 heterocycles. The molecule has 1 amide bonds. The fraction of sp³-hybridized carbons (Fsp3) is 0.333. The van der Waals surface area contributed by atoms with Crippen molar-refractivity contribution in [1.29, 1.82) is 5.26 Å². The van der Waals surface area contributed by atoms with Gasteiger partial charge in [0, 0.05) is 38.4 Å². The summed E-state index contributed by atoms with van der Waals surface area (Å²) in [7, 11) is 0. The molecule has 4 rings (SSSR count). The summed E-state index contributed by atoms with van der Waals surface area (Å²) in [6.45, 7) is 3.87. The normalized spacial score (nSPS) is 16.9. The van der Waals surface area contributed by atoms with Crippen LogP contribution in [-0.2, 0) is 11.2 Å². The zero-order valence-electron chi connectivity index (χ0n) is 15.1. The van der Waals surface area contributed by atoms with Gasteiger partial charge >= 0.3 is 0 Å². The minimum atomic E-state index is -0.368. The molecule has 0 N–H and O–H groups in total. The van der Waals surface area contributed by atoms with Crippen molar-refractivity contribution in [1.82, 2.24) is 4.90 Å². The third-order valence-electron chi connectivity index (χ3n) is 5.34. The molecule has 6 heteroatoms. The number of carbonyl (C=O) groups excluding carboxylic acids is 1. The van der Waals surface area contributed by atoms with Crippen LogP contribution < -0.4 is 9.80 Å². The van der Waals surface area contributed by atoms with Gasteiger partial charge in [-0.15, -0.1) is 0 Å². The molecule has 138 valence electrons. The summed E-state index contributed by atoms with van der Waals surface area (Å²) < 4.78 is 14.2. The second kappa shape index (κ2) is 7.37. The molecule has 0 radical (unpaired) electrons. The van der Waals surface area contributed by atoms with Gasteiger partial charge < -0.3 is 9.80 Å². The Morgan fingerprint density at radius 1 is 1.04 bits per heavy atom. The van der Waals surface area contributed by atoms with E-state index in [0.29, 0.717) is 44.0 Å². The molecule has 1 fully saturated rings. The first-order valence-corrected chi connectivity index (χ1v) is 9.21. The number of piperazine rings is 1. The predicted octanol–water partition coefficient (Wildman–Crippen LogP) is 2.41. The number of hydrogen-bond donors (Lipinski definition) is 0. The standard InChI is InChI=1S/C21H21FN4O/c22-18-13-16(14-23)5-6-20(18)25-11-9-24(10-12-25)15-21(27)26-8-7-17-3-1-2-4-19(17)26/h1-6,13H,7-12,15H2. The molecule has 0 saturated carbocycles. The number of nitrogens with zero attached hydrogens (tertiary/aromatic N) is 4. The maximum Gasteiger partial charge on any atom is 0.241 e. The third kappa shape index (κ3) is 3.51. The number of para-hydroxylation sites is 1. The van der Waals surface area contributed by atoms with Crippen molar-refractivity contribution >= 4 is 17.3 Å². The minimum Gasteiger partial charge on any atom is -0.367 e. The molecule has 2 aromatic carbocycles. The zero-order chi connectivity index (χ0) is 18.8. The SMILES string of the molecule is N#Cc1ccc(N2CCN(CC(=O)N3CCc4ccccc43)CC2)c(F)c1. The van der Waals surface area contributed by atoms with Crippen LogP contribution in [-0.4, -0.2) is 50.1 Å². The van der Waals surface area contributed by atoms with Gasteiger partial charge in [0.1, 0.15) is 5.82 Å². The highest BCUT2D eigenvalue weighted by atomic mass is 19.1. The van der Waals surface area contributed by atoms with Gasteiger partial charge in [-0.3, -0.25) is 9.69 Å². The smallest absolute Gasteiger partial charge is 0.241 e. The van der Waals surface area contributed by atoms with Gasteiger partial charge in [0.25, 0.3) is 0 Å². The zero-order valence-corrected chi connectivity index (χ0v) is 15.1. The Balaban J connectivity index is 1.35. The van der Waals surface area contributed by atoms with E-state index in [4.69, 9.17) is 5.26 Å². The summed E-state index contributed by atoms with van der Waals surface area (Å²) in [4.78, 5) is 18.7. The number of benzene rings is 2. The number of halogens is 1. The molecule has 0 aliphatic carbocycles. The molecule has 0 aromatic heterocycles.